The zero-order valence-corrected chi connectivity index (χ0v) is 15.9. The second-order valence-corrected chi connectivity index (χ2v) is 8.23. The Hall–Kier alpha value is -1.02. The van der Waals surface area contributed by atoms with Crippen molar-refractivity contribution >= 4 is 68.1 Å². The molecule has 8 heteroatoms. The minimum absolute atomic E-state index is 0.102. The van der Waals surface area contributed by atoms with Crippen LogP contribution in [0.5, 0.6) is 0 Å². The Kier molecular flexibility index (Phi) is 7.42. The van der Waals surface area contributed by atoms with Gasteiger partial charge in [0.1, 0.15) is 0 Å². The average Bonchev–Trinajstić information content (AvgIpc) is 2.91. The number of thioether (sulfide) groups is 1. The molecule has 2 amide bonds. The lowest BCUT2D eigenvalue weighted by Crippen LogP contribution is -2.25. The Morgan fingerprint density at radius 2 is 1.96 bits per heavy atom. The van der Waals surface area contributed by atoms with Crippen LogP contribution in [0.15, 0.2) is 40.9 Å². The van der Waals surface area contributed by atoms with Crippen molar-refractivity contribution in [3.63, 3.8) is 0 Å². The zero-order chi connectivity index (χ0) is 16.7. The highest BCUT2D eigenvalue weighted by Gasteiger charge is 2.07. The van der Waals surface area contributed by atoms with Crippen LogP contribution in [0.1, 0.15) is 4.88 Å². The predicted octanol–water partition coefficient (Wildman–Crippen LogP) is 4.15. The van der Waals surface area contributed by atoms with Crippen LogP contribution in [0.25, 0.3) is 0 Å². The van der Waals surface area contributed by atoms with E-state index in [0.29, 0.717) is 10.9 Å². The van der Waals surface area contributed by atoms with Crippen LogP contribution in [0, 0.1) is 0 Å². The fourth-order valence-electron chi connectivity index (χ4n) is 1.68. The summed E-state index contributed by atoms with van der Waals surface area (Å²) in [6.07, 6.45) is 0. The molecule has 0 unspecified atom stereocenters. The van der Waals surface area contributed by atoms with Crippen LogP contribution in [0.3, 0.4) is 0 Å². The maximum atomic E-state index is 11.8. The van der Waals surface area contributed by atoms with Crippen LogP contribution in [-0.4, -0.2) is 23.3 Å². The normalized spacial score (nSPS) is 10.3. The van der Waals surface area contributed by atoms with Gasteiger partial charge in [-0.25, -0.2) is 0 Å². The molecule has 0 radical (unpaired) electrons. The number of anilines is 1. The van der Waals surface area contributed by atoms with Gasteiger partial charge >= 0.3 is 0 Å². The van der Waals surface area contributed by atoms with E-state index in [0.717, 1.165) is 15.0 Å². The SMILES string of the molecule is O=C(CSCC(=O)Nc1cccc(Br)c1)NCc1ccc(Cl)s1. The van der Waals surface area contributed by atoms with Crippen molar-refractivity contribution in [1.29, 1.82) is 0 Å². The fourth-order valence-corrected chi connectivity index (χ4v) is 3.76. The number of benzene rings is 1. The van der Waals surface area contributed by atoms with Gasteiger partial charge in [-0.05, 0) is 30.3 Å². The first-order valence-electron chi connectivity index (χ1n) is 6.67. The van der Waals surface area contributed by atoms with Gasteiger partial charge in [0.25, 0.3) is 0 Å². The van der Waals surface area contributed by atoms with E-state index in [1.165, 1.54) is 23.1 Å². The van der Waals surface area contributed by atoms with Crippen molar-refractivity contribution in [2.45, 2.75) is 6.54 Å². The van der Waals surface area contributed by atoms with E-state index in [-0.39, 0.29) is 23.3 Å². The molecule has 1 heterocycles. The second kappa shape index (κ2) is 9.32. The van der Waals surface area contributed by atoms with E-state index < -0.39 is 0 Å². The van der Waals surface area contributed by atoms with E-state index in [1.807, 2.05) is 30.3 Å². The highest BCUT2D eigenvalue weighted by molar-refractivity contribution is 9.10. The second-order valence-electron chi connectivity index (χ2n) is 4.53. The monoisotopic (exact) mass is 432 g/mol. The minimum Gasteiger partial charge on any atom is -0.350 e. The lowest BCUT2D eigenvalue weighted by Gasteiger charge is -2.06. The molecule has 4 nitrogen and oxygen atoms in total. The molecule has 2 aromatic rings. The van der Waals surface area contributed by atoms with Gasteiger partial charge in [0.2, 0.25) is 11.8 Å². The smallest absolute Gasteiger partial charge is 0.234 e. The number of hydrogen-bond donors (Lipinski definition) is 2. The molecule has 2 rings (SSSR count). The summed E-state index contributed by atoms with van der Waals surface area (Å²) in [5.74, 6) is 0.233. The first-order chi connectivity index (χ1) is 11.0. The van der Waals surface area contributed by atoms with Crippen molar-refractivity contribution in [2.75, 3.05) is 16.8 Å². The van der Waals surface area contributed by atoms with E-state index >= 15 is 0 Å². The lowest BCUT2D eigenvalue weighted by molar-refractivity contribution is -0.118. The molecule has 1 aromatic heterocycles. The predicted molar refractivity (Wildman–Crippen MR) is 101 cm³/mol. The molecule has 0 bridgehead atoms. The number of rotatable bonds is 7. The number of carbonyl (C=O) groups is 2. The van der Waals surface area contributed by atoms with Crippen molar-refractivity contribution in [1.82, 2.24) is 5.32 Å². The van der Waals surface area contributed by atoms with Crippen molar-refractivity contribution in [3.8, 4) is 0 Å². The highest BCUT2D eigenvalue weighted by Crippen LogP contribution is 2.21. The van der Waals surface area contributed by atoms with Crippen LogP contribution >= 0.6 is 50.6 Å². The quantitative estimate of drug-likeness (QED) is 0.689. The summed E-state index contributed by atoms with van der Waals surface area (Å²) >= 11 is 11.9. The standard InChI is InChI=1S/C15H14BrClN2O2S2/c16-10-2-1-3-11(6-10)19-15(21)9-22-8-14(20)18-7-12-4-5-13(17)23-12/h1-6H,7-9H2,(H,18,20)(H,19,21). The third-order valence-corrected chi connectivity index (χ3v) is 5.32. The summed E-state index contributed by atoms with van der Waals surface area (Å²) in [5.41, 5.74) is 0.726. The van der Waals surface area contributed by atoms with Gasteiger partial charge in [-0.15, -0.1) is 23.1 Å². The molecular weight excluding hydrogens is 420 g/mol. The van der Waals surface area contributed by atoms with Crippen molar-refractivity contribution in [2.24, 2.45) is 0 Å². The molecular formula is C15H14BrClN2O2S2. The minimum atomic E-state index is -0.133. The lowest BCUT2D eigenvalue weighted by atomic mass is 10.3. The third kappa shape index (κ3) is 6.95. The zero-order valence-electron chi connectivity index (χ0n) is 12.0. The van der Waals surface area contributed by atoms with Gasteiger partial charge in [-0.1, -0.05) is 33.6 Å². The maximum absolute atomic E-state index is 11.8. The molecule has 23 heavy (non-hydrogen) atoms. The number of carbonyl (C=O) groups excluding carboxylic acids is 2. The van der Waals surface area contributed by atoms with Gasteiger partial charge in [0.15, 0.2) is 0 Å². The fraction of sp³-hybridized carbons (Fsp3) is 0.200. The largest absolute Gasteiger partial charge is 0.350 e. The summed E-state index contributed by atoms with van der Waals surface area (Å²) < 4.78 is 1.60. The molecule has 0 aliphatic rings. The Morgan fingerprint density at radius 3 is 2.65 bits per heavy atom. The number of halogens is 2. The van der Waals surface area contributed by atoms with Gasteiger partial charge in [0, 0.05) is 15.0 Å². The van der Waals surface area contributed by atoms with E-state index in [9.17, 15) is 9.59 Å². The van der Waals surface area contributed by atoms with Gasteiger partial charge in [-0.3, -0.25) is 9.59 Å². The Bertz CT molecular complexity index is 694. The average molecular weight is 434 g/mol. The Labute approximate surface area is 156 Å². The third-order valence-electron chi connectivity index (χ3n) is 2.66. The van der Waals surface area contributed by atoms with E-state index in [1.54, 1.807) is 6.07 Å². The molecule has 0 aliphatic heterocycles. The molecule has 0 aliphatic carbocycles. The molecule has 2 N–H and O–H groups in total. The summed E-state index contributed by atoms with van der Waals surface area (Å²) in [5, 5.41) is 5.58. The molecule has 0 spiro atoms. The van der Waals surface area contributed by atoms with Crippen molar-refractivity contribution in [3.05, 3.63) is 50.1 Å². The maximum Gasteiger partial charge on any atom is 0.234 e. The van der Waals surface area contributed by atoms with Crippen LogP contribution in [-0.2, 0) is 16.1 Å². The van der Waals surface area contributed by atoms with Crippen LogP contribution in [0.4, 0.5) is 5.69 Å². The summed E-state index contributed by atoms with van der Waals surface area (Å²) in [6, 6.07) is 11.0. The first kappa shape index (κ1) is 18.3. The molecule has 122 valence electrons. The topological polar surface area (TPSA) is 58.2 Å². The van der Waals surface area contributed by atoms with Crippen LogP contribution in [0.2, 0.25) is 4.34 Å². The van der Waals surface area contributed by atoms with Gasteiger partial charge in [-0.2, -0.15) is 0 Å². The summed E-state index contributed by atoms with van der Waals surface area (Å²) in [7, 11) is 0. The number of amides is 2. The van der Waals surface area contributed by atoms with Gasteiger partial charge < -0.3 is 10.6 Å². The molecule has 0 saturated carbocycles. The first-order valence-corrected chi connectivity index (χ1v) is 9.81. The van der Waals surface area contributed by atoms with Crippen molar-refractivity contribution < 1.29 is 9.59 Å². The molecule has 0 saturated heterocycles. The Morgan fingerprint density at radius 1 is 1.17 bits per heavy atom. The Balaban J connectivity index is 1.64. The summed E-state index contributed by atoms with van der Waals surface area (Å²) in [4.78, 5) is 24.5. The number of thiophene rings is 1. The van der Waals surface area contributed by atoms with E-state index in [2.05, 4.69) is 26.6 Å². The molecule has 0 fully saturated rings. The number of hydrogen-bond acceptors (Lipinski definition) is 4. The number of nitrogens with one attached hydrogen (secondary N) is 2. The highest BCUT2D eigenvalue weighted by atomic mass is 79.9. The summed E-state index contributed by atoms with van der Waals surface area (Å²) in [6.45, 7) is 0.459. The van der Waals surface area contributed by atoms with Gasteiger partial charge in [0.05, 0.1) is 22.4 Å². The molecule has 0 atom stereocenters. The molecule has 1 aromatic carbocycles. The van der Waals surface area contributed by atoms with E-state index in [4.69, 9.17) is 11.6 Å². The van der Waals surface area contributed by atoms with Crippen LogP contribution < -0.4 is 10.6 Å².